The molecular weight excluding hydrogens is 144 g/mol. The van der Waals surface area contributed by atoms with Crippen LogP contribution in [0.5, 0.6) is 0 Å². The summed E-state index contributed by atoms with van der Waals surface area (Å²) in [6, 6.07) is 7.75. The van der Waals surface area contributed by atoms with E-state index in [-0.39, 0.29) is 1.43 Å². The van der Waals surface area contributed by atoms with Crippen LogP contribution in [0.2, 0.25) is 5.02 Å². The van der Waals surface area contributed by atoms with E-state index in [1.807, 2.05) is 43.3 Å². The molecule has 0 bridgehead atoms. The van der Waals surface area contributed by atoms with Crippen molar-refractivity contribution in [2.24, 2.45) is 0 Å². The van der Waals surface area contributed by atoms with Crippen molar-refractivity contribution in [2.75, 3.05) is 0 Å². The fraction of sp³-hybridized carbons (Fsp3) is 0.111. The molecule has 10 heavy (non-hydrogen) atoms. The predicted molar refractivity (Wildman–Crippen MR) is 47.3 cm³/mol. The Balaban J connectivity index is 0.000001000. The van der Waals surface area contributed by atoms with Crippen LogP contribution in [0.4, 0.5) is 0 Å². The molecule has 1 aromatic carbocycles. The number of halogens is 1. The number of hydrogen-bond donors (Lipinski definition) is 0. The van der Waals surface area contributed by atoms with Gasteiger partial charge in [0.1, 0.15) is 0 Å². The molecule has 0 aromatic heterocycles. The van der Waals surface area contributed by atoms with E-state index in [1.165, 1.54) is 5.56 Å². The van der Waals surface area contributed by atoms with Crippen molar-refractivity contribution in [1.29, 1.82) is 0 Å². The van der Waals surface area contributed by atoms with Gasteiger partial charge >= 0.3 is 1.43 Å². The lowest BCUT2D eigenvalue weighted by atomic mass is 10.2. The summed E-state index contributed by atoms with van der Waals surface area (Å²) in [5, 5.41) is 0.785. The van der Waals surface area contributed by atoms with Crippen molar-refractivity contribution >= 4 is 17.7 Å². The molecular formula is C9H10Cl+. The first-order chi connectivity index (χ1) is 4.83. The smallest absolute Gasteiger partial charge is 0.0871 e. The lowest BCUT2D eigenvalue weighted by molar-refractivity contribution is 1.64. The molecule has 0 heterocycles. The van der Waals surface area contributed by atoms with Crippen LogP contribution in [-0.4, -0.2) is 0 Å². The van der Waals surface area contributed by atoms with Crippen LogP contribution in [0.15, 0.2) is 30.3 Å². The Bertz CT molecular complexity index is 226. The van der Waals surface area contributed by atoms with Crippen molar-refractivity contribution in [1.82, 2.24) is 0 Å². The molecule has 0 unspecified atom stereocenters. The van der Waals surface area contributed by atoms with E-state index in [0.717, 1.165) is 5.02 Å². The minimum Gasteiger partial charge on any atom is -0.0871 e. The van der Waals surface area contributed by atoms with Crippen LogP contribution in [0.25, 0.3) is 6.08 Å². The minimum absolute atomic E-state index is 0. The Morgan fingerprint density at radius 2 is 1.90 bits per heavy atom. The number of allylic oxidation sites excluding steroid dienone is 1. The second-order valence-corrected chi connectivity index (χ2v) is 2.49. The molecule has 1 heteroatoms. The second-order valence-electron chi connectivity index (χ2n) is 2.05. The van der Waals surface area contributed by atoms with Crippen LogP contribution in [0.3, 0.4) is 0 Å². The maximum atomic E-state index is 5.69. The maximum Gasteiger partial charge on any atom is 1.00 e. The third kappa shape index (κ3) is 1.89. The van der Waals surface area contributed by atoms with Gasteiger partial charge in [-0.05, 0) is 24.6 Å². The molecule has 0 saturated carbocycles. The minimum atomic E-state index is 0. The average Bonchev–Trinajstić information content (AvgIpc) is 1.95. The Hall–Kier alpha value is -0.750. The number of benzene rings is 1. The molecule has 0 aliphatic carbocycles. The van der Waals surface area contributed by atoms with E-state index in [0.29, 0.717) is 0 Å². The topological polar surface area (TPSA) is 0 Å². The van der Waals surface area contributed by atoms with Gasteiger partial charge in [0.15, 0.2) is 0 Å². The number of hydrogen-bond acceptors (Lipinski definition) is 0. The molecule has 0 fully saturated rings. The van der Waals surface area contributed by atoms with E-state index in [4.69, 9.17) is 11.6 Å². The molecule has 0 radical (unpaired) electrons. The summed E-state index contributed by atoms with van der Waals surface area (Å²) in [7, 11) is 0. The van der Waals surface area contributed by atoms with E-state index < -0.39 is 0 Å². The average molecular weight is 154 g/mol. The van der Waals surface area contributed by atoms with Crippen LogP contribution >= 0.6 is 11.6 Å². The molecule has 1 rings (SSSR count). The van der Waals surface area contributed by atoms with E-state index in [1.54, 1.807) is 0 Å². The van der Waals surface area contributed by atoms with Crippen molar-refractivity contribution < 1.29 is 1.43 Å². The summed E-state index contributed by atoms with van der Waals surface area (Å²) in [6.07, 6.45) is 4.04. The van der Waals surface area contributed by atoms with Crippen LogP contribution in [0.1, 0.15) is 13.9 Å². The third-order valence-corrected chi connectivity index (χ3v) is 1.48. The van der Waals surface area contributed by atoms with Crippen molar-refractivity contribution in [3.8, 4) is 0 Å². The highest BCUT2D eigenvalue weighted by atomic mass is 35.5. The summed E-state index contributed by atoms with van der Waals surface area (Å²) in [5.74, 6) is 0. The van der Waals surface area contributed by atoms with Gasteiger partial charge in [-0.15, -0.1) is 0 Å². The first kappa shape index (κ1) is 7.36. The summed E-state index contributed by atoms with van der Waals surface area (Å²) in [4.78, 5) is 0. The third-order valence-electron chi connectivity index (χ3n) is 1.23. The van der Waals surface area contributed by atoms with Gasteiger partial charge in [-0.1, -0.05) is 35.9 Å². The zero-order valence-corrected chi connectivity index (χ0v) is 6.60. The summed E-state index contributed by atoms with van der Waals surface area (Å²) >= 11 is 5.69. The monoisotopic (exact) mass is 153 g/mol. The fourth-order valence-electron chi connectivity index (χ4n) is 0.766. The molecule has 0 saturated heterocycles. The first-order valence-electron chi connectivity index (χ1n) is 3.21. The largest absolute Gasteiger partial charge is 1.00 e. The molecule has 0 aliphatic rings. The normalized spacial score (nSPS) is 10.6. The Morgan fingerprint density at radius 1 is 1.30 bits per heavy atom. The summed E-state index contributed by atoms with van der Waals surface area (Å²) in [6.45, 7) is 1.99. The van der Waals surface area contributed by atoms with Crippen molar-refractivity contribution in [3.63, 3.8) is 0 Å². The van der Waals surface area contributed by atoms with Crippen LogP contribution < -0.4 is 0 Å². The summed E-state index contributed by atoms with van der Waals surface area (Å²) in [5.41, 5.74) is 1.19. The molecule has 0 atom stereocenters. The van der Waals surface area contributed by atoms with Gasteiger partial charge in [0.25, 0.3) is 0 Å². The van der Waals surface area contributed by atoms with Crippen LogP contribution in [-0.2, 0) is 0 Å². The highest BCUT2D eigenvalue weighted by Crippen LogP contribution is 2.10. The van der Waals surface area contributed by atoms with E-state index in [2.05, 4.69) is 0 Å². The SMILES string of the molecule is C/C=C/c1ccc(Cl)cc1.[H+]. The van der Waals surface area contributed by atoms with Crippen molar-refractivity contribution in [2.45, 2.75) is 6.92 Å². The van der Waals surface area contributed by atoms with Gasteiger partial charge in [0.2, 0.25) is 0 Å². The summed E-state index contributed by atoms with van der Waals surface area (Å²) < 4.78 is 0. The maximum absolute atomic E-state index is 5.69. The molecule has 0 nitrogen and oxygen atoms in total. The van der Waals surface area contributed by atoms with E-state index in [9.17, 15) is 0 Å². The standard InChI is InChI=1S/C9H9Cl/c1-2-3-8-4-6-9(10)7-5-8/h2-7H,1H3/p+1/b3-2+. The predicted octanol–water partition coefficient (Wildman–Crippen LogP) is 3.49. The Morgan fingerprint density at radius 3 is 2.40 bits per heavy atom. The lowest BCUT2D eigenvalue weighted by Gasteiger charge is -1.90. The highest BCUT2D eigenvalue weighted by molar-refractivity contribution is 6.30. The quantitative estimate of drug-likeness (QED) is 0.580. The Kier molecular flexibility index (Phi) is 2.52. The number of rotatable bonds is 1. The molecule has 0 N–H and O–H groups in total. The van der Waals surface area contributed by atoms with Crippen molar-refractivity contribution in [3.05, 3.63) is 40.9 Å². The second kappa shape index (κ2) is 3.43. The van der Waals surface area contributed by atoms with Gasteiger partial charge in [-0.2, -0.15) is 0 Å². The van der Waals surface area contributed by atoms with Gasteiger partial charge in [-0.25, -0.2) is 0 Å². The van der Waals surface area contributed by atoms with Crippen LogP contribution in [0, 0.1) is 0 Å². The van der Waals surface area contributed by atoms with E-state index >= 15 is 0 Å². The fourth-order valence-corrected chi connectivity index (χ4v) is 0.892. The zero-order chi connectivity index (χ0) is 7.40. The highest BCUT2D eigenvalue weighted by Gasteiger charge is 1.84. The van der Waals surface area contributed by atoms with Gasteiger partial charge in [0.05, 0.1) is 0 Å². The Labute approximate surface area is 67.6 Å². The molecule has 1 aromatic rings. The zero-order valence-electron chi connectivity index (χ0n) is 6.84. The van der Waals surface area contributed by atoms with Gasteiger partial charge in [0, 0.05) is 5.02 Å². The molecule has 0 aliphatic heterocycles. The molecule has 52 valence electrons. The molecule has 0 amide bonds. The first-order valence-corrected chi connectivity index (χ1v) is 3.59. The molecule has 0 spiro atoms. The van der Waals surface area contributed by atoms with Gasteiger partial charge < -0.3 is 0 Å². The lowest BCUT2D eigenvalue weighted by Crippen LogP contribution is -1.68. The van der Waals surface area contributed by atoms with Gasteiger partial charge in [-0.3, -0.25) is 0 Å².